The van der Waals surface area contributed by atoms with E-state index in [1.807, 2.05) is 24.3 Å². The van der Waals surface area contributed by atoms with Crippen LogP contribution in [0.15, 0.2) is 36.9 Å². The highest BCUT2D eigenvalue weighted by molar-refractivity contribution is 5.86. The third-order valence-electron chi connectivity index (χ3n) is 4.79. The van der Waals surface area contributed by atoms with Crippen LogP contribution in [0.3, 0.4) is 0 Å². The van der Waals surface area contributed by atoms with Gasteiger partial charge in [-0.3, -0.25) is 9.59 Å². The van der Waals surface area contributed by atoms with Crippen LogP contribution in [0.4, 0.5) is 0 Å². The van der Waals surface area contributed by atoms with Crippen LogP contribution in [0, 0.1) is 5.92 Å². The number of fused-ring (bicyclic) bond motifs is 1. The standard InChI is InChI=1S/C20H28N2O4/c1-3-6-16(20(26)21-14(2)12-23)10-19(25)22-11-17-8-5-4-7-15(17)9-18(22)13-24/h3-5,7-8,14,16,18,23-24H,1,6,9-13H2,2H3,(H,21,26). The lowest BCUT2D eigenvalue weighted by molar-refractivity contribution is -0.140. The van der Waals surface area contributed by atoms with Gasteiger partial charge in [0.2, 0.25) is 11.8 Å². The second-order valence-electron chi connectivity index (χ2n) is 6.85. The Bertz CT molecular complexity index is 646. The van der Waals surface area contributed by atoms with Crippen molar-refractivity contribution in [3.05, 3.63) is 48.0 Å². The van der Waals surface area contributed by atoms with E-state index in [1.54, 1.807) is 17.9 Å². The summed E-state index contributed by atoms with van der Waals surface area (Å²) >= 11 is 0. The SMILES string of the molecule is C=CCC(CC(=O)N1Cc2ccccc2CC1CO)C(=O)NC(C)CO. The average molecular weight is 360 g/mol. The number of rotatable bonds is 8. The molecule has 0 radical (unpaired) electrons. The Kier molecular flexibility index (Phi) is 7.36. The lowest BCUT2D eigenvalue weighted by atomic mass is 9.92. The molecule has 1 aromatic rings. The number of hydrogen-bond acceptors (Lipinski definition) is 4. The monoisotopic (exact) mass is 360 g/mol. The molecule has 1 aliphatic heterocycles. The Labute approximate surface area is 154 Å². The molecule has 1 aromatic carbocycles. The molecule has 0 bridgehead atoms. The molecular formula is C20H28N2O4. The maximum absolute atomic E-state index is 12.9. The Morgan fingerprint density at radius 2 is 2.04 bits per heavy atom. The molecule has 3 atom stereocenters. The summed E-state index contributed by atoms with van der Waals surface area (Å²) in [7, 11) is 0. The van der Waals surface area contributed by atoms with Crippen LogP contribution in [0.25, 0.3) is 0 Å². The topological polar surface area (TPSA) is 89.9 Å². The molecule has 1 aliphatic rings. The van der Waals surface area contributed by atoms with E-state index in [2.05, 4.69) is 11.9 Å². The van der Waals surface area contributed by atoms with Crippen LogP contribution in [-0.2, 0) is 22.6 Å². The Balaban J connectivity index is 2.10. The van der Waals surface area contributed by atoms with Gasteiger partial charge in [0.1, 0.15) is 0 Å². The van der Waals surface area contributed by atoms with Crippen molar-refractivity contribution < 1.29 is 19.8 Å². The number of nitrogens with one attached hydrogen (secondary N) is 1. The zero-order valence-electron chi connectivity index (χ0n) is 15.2. The van der Waals surface area contributed by atoms with E-state index in [0.29, 0.717) is 19.4 Å². The number of carbonyl (C=O) groups is 2. The number of allylic oxidation sites excluding steroid dienone is 1. The zero-order chi connectivity index (χ0) is 19.1. The van der Waals surface area contributed by atoms with Gasteiger partial charge in [-0.1, -0.05) is 30.3 Å². The van der Waals surface area contributed by atoms with E-state index < -0.39 is 5.92 Å². The molecule has 0 saturated carbocycles. The van der Waals surface area contributed by atoms with Gasteiger partial charge < -0.3 is 20.4 Å². The summed E-state index contributed by atoms with van der Waals surface area (Å²) in [5.41, 5.74) is 2.22. The lowest BCUT2D eigenvalue weighted by Gasteiger charge is -2.36. The average Bonchev–Trinajstić information content (AvgIpc) is 2.66. The Morgan fingerprint density at radius 3 is 2.65 bits per heavy atom. The number of benzene rings is 1. The van der Waals surface area contributed by atoms with Gasteiger partial charge in [0, 0.05) is 19.0 Å². The van der Waals surface area contributed by atoms with Gasteiger partial charge in [-0.15, -0.1) is 6.58 Å². The van der Waals surface area contributed by atoms with E-state index in [1.165, 1.54) is 0 Å². The van der Waals surface area contributed by atoms with Crippen molar-refractivity contribution in [3.8, 4) is 0 Å². The zero-order valence-corrected chi connectivity index (χ0v) is 15.2. The first-order valence-electron chi connectivity index (χ1n) is 8.99. The van der Waals surface area contributed by atoms with E-state index in [0.717, 1.165) is 11.1 Å². The molecule has 6 heteroatoms. The molecule has 2 rings (SSSR count). The fraction of sp³-hybridized carbons (Fsp3) is 0.500. The first-order valence-corrected chi connectivity index (χ1v) is 8.99. The molecule has 0 aliphatic carbocycles. The summed E-state index contributed by atoms with van der Waals surface area (Å²) in [5, 5.41) is 21.5. The molecule has 2 amide bonds. The smallest absolute Gasteiger partial charge is 0.224 e. The summed E-state index contributed by atoms with van der Waals surface area (Å²) in [6.45, 7) is 5.54. The van der Waals surface area contributed by atoms with Gasteiger partial charge in [0.15, 0.2) is 0 Å². The summed E-state index contributed by atoms with van der Waals surface area (Å²) < 4.78 is 0. The predicted octanol–water partition coefficient (Wildman–Crippen LogP) is 1.01. The van der Waals surface area contributed by atoms with Gasteiger partial charge in [-0.05, 0) is 30.9 Å². The summed E-state index contributed by atoms with van der Waals surface area (Å²) in [4.78, 5) is 26.9. The first-order chi connectivity index (χ1) is 12.5. The van der Waals surface area contributed by atoms with Crippen LogP contribution >= 0.6 is 0 Å². The number of aliphatic hydroxyl groups is 2. The summed E-state index contributed by atoms with van der Waals surface area (Å²) in [6, 6.07) is 7.25. The van der Waals surface area contributed by atoms with Crippen molar-refractivity contribution >= 4 is 11.8 Å². The van der Waals surface area contributed by atoms with Crippen molar-refractivity contribution in [1.82, 2.24) is 10.2 Å². The Hall–Kier alpha value is -2.18. The number of carbonyl (C=O) groups excluding carboxylic acids is 2. The van der Waals surface area contributed by atoms with Crippen molar-refractivity contribution in [1.29, 1.82) is 0 Å². The molecule has 3 N–H and O–H groups in total. The molecule has 6 nitrogen and oxygen atoms in total. The largest absolute Gasteiger partial charge is 0.394 e. The van der Waals surface area contributed by atoms with Crippen molar-refractivity contribution in [3.63, 3.8) is 0 Å². The highest BCUT2D eigenvalue weighted by Gasteiger charge is 2.31. The minimum absolute atomic E-state index is 0.0503. The number of amides is 2. The molecule has 0 saturated heterocycles. The minimum atomic E-state index is -0.537. The number of nitrogens with zero attached hydrogens (tertiary/aromatic N) is 1. The number of aliphatic hydroxyl groups excluding tert-OH is 2. The number of hydrogen-bond donors (Lipinski definition) is 3. The molecule has 0 spiro atoms. The van der Waals surface area contributed by atoms with E-state index >= 15 is 0 Å². The van der Waals surface area contributed by atoms with Crippen LogP contribution in [0.5, 0.6) is 0 Å². The molecule has 26 heavy (non-hydrogen) atoms. The van der Waals surface area contributed by atoms with Crippen molar-refractivity contribution in [2.45, 2.75) is 44.8 Å². The second kappa shape index (κ2) is 9.50. The molecule has 1 heterocycles. The second-order valence-corrected chi connectivity index (χ2v) is 6.85. The fourth-order valence-electron chi connectivity index (χ4n) is 3.26. The Morgan fingerprint density at radius 1 is 1.35 bits per heavy atom. The van der Waals surface area contributed by atoms with E-state index in [-0.39, 0.29) is 43.5 Å². The molecule has 142 valence electrons. The van der Waals surface area contributed by atoms with Crippen LogP contribution in [0.2, 0.25) is 0 Å². The maximum Gasteiger partial charge on any atom is 0.224 e. The molecule has 0 fully saturated rings. The summed E-state index contributed by atoms with van der Waals surface area (Å²) in [5.74, 6) is -0.958. The predicted molar refractivity (Wildman–Crippen MR) is 99.2 cm³/mol. The van der Waals surface area contributed by atoms with Crippen molar-refractivity contribution in [2.75, 3.05) is 13.2 Å². The van der Waals surface area contributed by atoms with Crippen LogP contribution < -0.4 is 5.32 Å². The fourth-order valence-corrected chi connectivity index (χ4v) is 3.26. The third kappa shape index (κ3) is 4.93. The first kappa shape index (κ1) is 20.1. The van der Waals surface area contributed by atoms with Crippen LogP contribution in [-0.4, -0.2) is 52.2 Å². The highest BCUT2D eigenvalue weighted by atomic mass is 16.3. The van der Waals surface area contributed by atoms with E-state index in [4.69, 9.17) is 5.11 Å². The van der Waals surface area contributed by atoms with Crippen molar-refractivity contribution in [2.24, 2.45) is 5.92 Å². The normalized spacial score (nSPS) is 18.6. The molecular weight excluding hydrogens is 332 g/mol. The summed E-state index contributed by atoms with van der Waals surface area (Å²) in [6.07, 6.45) is 2.66. The minimum Gasteiger partial charge on any atom is -0.394 e. The van der Waals surface area contributed by atoms with E-state index in [9.17, 15) is 14.7 Å². The molecule has 3 unspecified atom stereocenters. The van der Waals surface area contributed by atoms with Gasteiger partial charge in [-0.2, -0.15) is 0 Å². The lowest BCUT2D eigenvalue weighted by Crippen LogP contribution is -2.48. The van der Waals surface area contributed by atoms with Gasteiger partial charge in [0.05, 0.1) is 25.2 Å². The van der Waals surface area contributed by atoms with Crippen LogP contribution in [0.1, 0.15) is 30.9 Å². The molecule has 0 aromatic heterocycles. The van der Waals surface area contributed by atoms with Gasteiger partial charge in [-0.25, -0.2) is 0 Å². The highest BCUT2D eigenvalue weighted by Crippen LogP contribution is 2.25. The maximum atomic E-state index is 12.9. The quantitative estimate of drug-likeness (QED) is 0.604. The van der Waals surface area contributed by atoms with Gasteiger partial charge in [0.25, 0.3) is 0 Å². The van der Waals surface area contributed by atoms with Gasteiger partial charge >= 0.3 is 0 Å². The third-order valence-corrected chi connectivity index (χ3v) is 4.79.